The number of aromatic hydroxyl groups is 1. The summed E-state index contributed by atoms with van der Waals surface area (Å²) in [5.41, 5.74) is 1.09. The largest absolute Gasteiger partial charge is 0.506 e. The first kappa shape index (κ1) is 19.8. The second kappa shape index (κ2) is 8.19. The van der Waals surface area contributed by atoms with Crippen molar-refractivity contribution in [2.75, 3.05) is 11.9 Å². The Labute approximate surface area is 184 Å². The van der Waals surface area contributed by atoms with Crippen molar-refractivity contribution in [3.05, 3.63) is 84.6 Å². The zero-order valence-electron chi connectivity index (χ0n) is 17.3. The molecule has 7 heteroatoms. The number of amides is 2. The first-order valence-electron chi connectivity index (χ1n) is 10.6. The van der Waals surface area contributed by atoms with Gasteiger partial charge in [0.2, 0.25) is 5.91 Å². The summed E-state index contributed by atoms with van der Waals surface area (Å²) in [7, 11) is 0. The molecule has 32 heavy (non-hydrogen) atoms. The summed E-state index contributed by atoms with van der Waals surface area (Å²) in [6, 6.07) is 21.5. The van der Waals surface area contributed by atoms with Crippen molar-refractivity contribution in [2.24, 2.45) is 0 Å². The zero-order valence-corrected chi connectivity index (χ0v) is 17.3. The molecule has 1 aromatic heterocycles. The molecule has 1 aliphatic heterocycles. The van der Waals surface area contributed by atoms with Gasteiger partial charge in [-0.25, -0.2) is 4.68 Å². The smallest absolute Gasteiger partial charge is 0.258 e. The lowest BCUT2D eigenvalue weighted by Crippen LogP contribution is -2.43. The van der Waals surface area contributed by atoms with Gasteiger partial charge in [-0.3, -0.25) is 9.59 Å². The quantitative estimate of drug-likeness (QED) is 0.517. The molecule has 0 aliphatic carbocycles. The van der Waals surface area contributed by atoms with Gasteiger partial charge in [-0.05, 0) is 36.4 Å². The van der Waals surface area contributed by atoms with Crippen molar-refractivity contribution in [3.63, 3.8) is 0 Å². The van der Waals surface area contributed by atoms with E-state index in [1.807, 2.05) is 54.6 Å². The molecule has 4 aromatic rings. The second-order valence-corrected chi connectivity index (χ2v) is 7.81. The fourth-order valence-electron chi connectivity index (χ4n) is 4.19. The predicted octanol–water partition coefficient (Wildman–Crippen LogP) is 3.97. The van der Waals surface area contributed by atoms with E-state index in [2.05, 4.69) is 10.4 Å². The molecule has 1 fully saturated rings. The number of para-hydroxylation sites is 1. The number of likely N-dealkylation sites (tertiary alicyclic amines) is 1. The van der Waals surface area contributed by atoms with Crippen molar-refractivity contribution >= 4 is 28.4 Å². The van der Waals surface area contributed by atoms with Crippen LogP contribution < -0.4 is 5.32 Å². The van der Waals surface area contributed by atoms with Crippen LogP contribution in [0.5, 0.6) is 5.75 Å². The molecule has 7 nitrogen and oxygen atoms in total. The van der Waals surface area contributed by atoms with Gasteiger partial charge in [0.05, 0.1) is 11.3 Å². The molecule has 1 unspecified atom stereocenters. The van der Waals surface area contributed by atoms with Gasteiger partial charge in [0, 0.05) is 24.2 Å². The summed E-state index contributed by atoms with van der Waals surface area (Å²) >= 11 is 0. The molecule has 0 bridgehead atoms. The molecule has 2 heterocycles. The topological polar surface area (TPSA) is 87.5 Å². The molecule has 1 saturated heterocycles. The van der Waals surface area contributed by atoms with Crippen LogP contribution in [0.1, 0.15) is 23.2 Å². The van der Waals surface area contributed by atoms with Crippen LogP contribution in [0.2, 0.25) is 0 Å². The van der Waals surface area contributed by atoms with Crippen molar-refractivity contribution in [2.45, 2.75) is 18.9 Å². The third-order valence-electron chi connectivity index (χ3n) is 5.81. The Morgan fingerprint density at radius 1 is 0.969 bits per heavy atom. The SMILES string of the molecule is O=C(Nc1ccn(-c2ccccc2)n1)C1CCCN1C(=O)c1ccc2ccccc2c1O. The summed E-state index contributed by atoms with van der Waals surface area (Å²) in [5, 5.41) is 19.4. The molecule has 1 aliphatic rings. The van der Waals surface area contributed by atoms with Crippen LogP contribution in [0, 0.1) is 0 Å². The van der Waals surface area contributed by atoms with Gasteiger partial charge in [-0.15, -0.1) is 0 Å². The molecular weight excluding hydrogens is 404 g/mol. The van der Waals surface area contributed by atoms with Crippen molar-refractivity contribution in [3.8, 4) is 11.4 Å². The van der Waals surface area contributed by atoms with Gasteiger partial charge in [0.15, 0.2) is 5.82 Å². The number of phenolic OH excluding ortho intramolecular Hbond substituents is 1. The molecule has 5 rings (SSSR count). The Morgan fingerprint density at radius 3 is 2.59 bits per heavy atom. The Morgan fingerprint density at radius 2 is 1.75 bits per heavy atom. The Balaban J connectivity index is 1.34. The van der Waals surface area contributed by atoms with Crippen LogP contribution in [0.15, 0.2) is 79.0 Å². The summed E-state index contributed by atoms with van der Waals surface area (Å²) in [4.78, 5) is 27.8. The molecule has 0 radical (unpaired) electrons. The standard InChI is InChI=1S/C25H22N4O3/c30-23-19-10-5-4-7-17(19)12-13-20(23)25(32)28-15-6-11-21(28)24(31)26-22-14-16-29(27-22)18-8-2-1-3-9-18/h1-5,7-10,12-14,16,21,30H,6,11,15H2,(H,26,27,31). The number of rotatable bonds is 4. The lowest BCUT2D eigenvalue weighted by Gasteiger charge is -2.24. The number of carbonyl (C=O) groups excluding carboxylic acids is 2. The van der Waals surface area contributed by atoms with E-state index in [9.17, 15) is 14.7 Å². The van der Waals surface area contributed by atoms with Crippen LogP contribution in [-0.4, -0.2) is 44.2 Å². The van der Waals surface area contributed by atoms with Crippen LogP contribution >= 0.6 is 0 Å². The zero-order chi connectivity index (χ0) is 22.1. The van der Waals surface area contributed by atoms with Gasteiger partial charge in [-0.2, -0.15) is 5.10 Å². The maximum absolute atomic E-state index is 13.2. The molecule has 0 spiro atoms. The van der Waals surface area contributed by atoms with Gasteiger partial charge < -0.3 is 15.3 Å². The molecule has 3 aromatic carbocycles. The summed E-state index contributed by atoms with van der Waals surface area (Å²) in [5.74, 6) is -0.261. The van der Waals surface area contributed by atoms with Gasteiger partial charge in [0.25, 0.3) is 5.91 Å². The van der Waals surface area contributed by atoms with Crippen LogP contribution in [-0.2, 0) is 4.79 Å². The number of nitrogens with one attached hydrogen (secondary N) is 1. The van der Waals surface area contributed by atoms with Crippen molar-refractivity contribution in [1.82, 2.24) is 14.7 Å². The minimum atomic E-state index is -0.616. The van der Waals surface area contributed by atoms with E-state index in [0.29, 0.717) is 24.2 Å². The average molecular weight is 426 g/mol. The number of phenols is 1. The monoisotopic (exact) mass is 426 g/mol. The number of hydrogen-bond donors (Lipinski definition) is 2. The van der Waals surface area contributed by atoms with Crippen LogP contribution in [0.25, 0.3) is 16.5 Å². The first-order valence-corrected chi connectivity index (χ1v) is 10.6. The number of benzene rings is 3. The Kier molecular flexibility index (Phi) is 5.07. The third kappa shape index (κ3) is 3.58. The van der Waals surface area contributed by atoms with E-state index >= 15 is 0 Å². The normalized spacial score (nSPS) is 15.8. The van der Waals surface area contributed by atoms with E-state index in [-0.39, 0.29) is 23.1 Å². The molecule has 1 atom stereocenters. The van der Waals surface area contributed by atoms with E-state index in [1.54, 1.807) is 29.1 Å². The second-order valence-electron chi connectivity index (χ2n) is 7.81. The number of anilines is 1. The molecule has 2 N–H and O–H groups in total. The molecule has 160 valence electrons. The number of carbonyl (C=O) groups is 2. The van der Waals surface area contributed by atoms with E-state index in [1.165, 1.54) is 4.90 Å². The minimum Gasteiger partial charge on any atom is -0.506 e. The summed E-state index contributed by atoms with van der Waals surface area (Å²) < 4.78 is 1.68. The van der Waals surface area contributed by atoms with Gasteiger partial charge in [0.1, 0.15) is 11.8 Å². The highest BCUT2D eigenvalue weighted by Gasteiger charge is 2.35. The van der Waals surface area contributed by atoms with Gasteiger partial charge in [-0.1, -0.05) is 48.5 Å². The van der Waals surface area contributed by atoms with Crippen molar-refractivity contribution in [1.29, 1.82) is 0 Å². The first-order chi connectivity index (χ1) is 15.6. The number of nitrogens with zero attached hydrogens (tertiary/aromatic N) is 3. The van der Waals surface area contributed by atoms with E-state index < -0.39 is 6.04 Å². The highest BCUT2D eigenvalue weighted by atomic mass is 16.3. The fourth-order valence-corrected chi connectivity index (χ4v) is 4.19. The summed E-state index contributed by atoms with van der Waals surface area (Å²) in [6.45, 7) is 0.460. The number of hydrogen-bond acceptors (Lipinski definition) is 4. The Bertz CT molecular complexity index is 1300. The van der Waals surface area contributed by atoms with E-state index in [0.717, 1.165) is 17.5 Å². The predicted molar refractivity (Wildman–Crippen MR) is 122 cm³/mol. The maximum Gasteiger partial charge on any atom is 0.258 e. The number of fused-ring (bicyclic) bond motifs is 1. The van der Waals surface area contributed by atoms with Crippen LogP contribution in [0.4, 0.5) is 5.82 Å². The van der Waals surface area contributed by atoms with Crippen LogP contribution in [0.3, 0.4) is 0 Å². The third-order valence-corrected chi connectivity index (χ3v) is 5.81. The maximum atomic E-state index is 13.2. The Hall–Kier alpha value is -4.13. The molecule has 2 amide bonds. The number of aromatic nitrogens is 2. The fraction of sp³-hybridized carbons (Fsp3) is 0.160. The highest BCUT2D eigenvalue weighted by Crippen LogP contribution is 2.31. The van der Waals surface area contributed by atoms with E-state index in [4.69, 9.17) is 0 Å². The van der Waals surface area contributed by atoms with Crippen molar-refractivity contribution < 1.29 is 14.7 Å². The minimum absolute atomic E-state index is 0.0548. The average Bonchev–Trinajstić information content (AvgIpc) is 3.50. The highest BCUT2D eigenvalue weighted by molar-refractivity contribution is 6.06. The lowest BCUT2D eigenvalue weighted by atomic mass is 10.0. The summed E-state index contributed by atoms with van der Waals surface area (Å²) in [6.07, 6.45) is 3.05. The van der Waals surface area contributed by atoms with Gasteiger partial charge >= 0.3 is 0 Å². The lowest BCUT2D eigenvalue weighted by molar-refractivity contribution is -0.119. The molecular formula is C25H22N4O3. The molecule has 0 saturated carbocycles.